The molecule has 0 bridgehead atoms. The smallest absolute Gasteiger partial charge is 0.348 e. The lowest BCUT2D eigenvalue weighted by Gasteiger charge is -2.32. The van der Waals surface area contributed by atoms with Crippen molar-refractivity contribution in [2.75, 3.05) is 7.11 Å². The third-order valence-corrected chi connectivity index (χ3v) is 5.69. The molecular weight excluding hydrogens is 296 g/mol. The standard InChI is InChI=1S/C18H22O3S/c1-5-18(6-2,13-7-8-14(19)12(3)11-13)16-10-9-15(22-16)17(20)21-4/h7-11,19H,5-6H2,1-4H3. The molecule has 2 aromatic rings. The second-order valence-electron chi connectivity index (χ2n) is 5.45. The molecular formula is C18H22O3S. The minimum atomic E-state index is -0.292. The van der Waals surface area contributed by atoms with Crippen LogP contribution in [0.2, 0.25) is 0 Å². The van der Waals surface area contributed by atoms with Gasteiger partial charge in [-0.05, 0) is 49.1 Å². The minimum Gasteiger partial charge on any atom is -0.508 e. The summed E-state index contributed by atoms with van der Waals surface area (Å²) in [6.45, 7) is 6.22. The van der Waals surface area contributed by atoms with Crippen molar-refractivity contribution >= 4 is 17.3 Å². The normalized spacial score (nSPS) is 11.5. The van der Waals surface area contributed by atoms with Crippen LogP contribution in [0.4, 0.5) is 0 Å². The number of rotatable bonds is 5. The molecule has 1 aromatic heterocycles. The number of carbonyl (C=O) groups excluding carboxylic acids is 1. The summed E-state index contributed by atoms with van der Waals surface area (Å²) in [6.07, 6.45) is 1.85. The zero-order valence-electron chi connectivity index (χ0n) is 13.5. The van der Waals surface area contributed by atoms with Crippen LogP contribution in [0.15, 0.2) is 30.3 Å². The molecule has 0 aliphatic carbocycles. The maximum absolute atomic E-state index is 11.7. The topological polar surface area (TPSA) is 46.5 Å². The maximum Gasteiger partial charge on any atom is 0.348 e. The van der Waals surface area contributed by atoms with E-state index in [2.05, 4.69) is 13.8 Å². The van der Waals surface area contributed by atoms with E-state index in [9.17, 15) is 9.90 Å². The monoisotopic (exact) mass is 318 g/mol. The summed E-state index contributed by atoms with van der Waals surface area (Å²) < 4.78 is 4.81. The van der Waals surface area contributed by atoms with Gasteiger partial charge in [0.2, 0.25) is 0 Å². The van der Waals surface area contributed by atoms with Crippen LogP contribution >= 0.6 is 11.3 Å². The van der Waals surface area contributed by atoms with E-state index in [-0.39, 0.29) is 11.4 Å². The Morgan fingerprint density at radius 2 is 1.91 bits per heavy atom. The molecule has 0 atom stereocenters. The third kappa shape index (κ3) is 2.75. The van der Waals surface area contributed by atoms with Gasteiger partial charge in [-0.2, -0.15) is 0 Å². The fourth-order valence-corrected chi connectivity index (χ4v) is 4.19. The van der Waals surface area contributed by atoms with Crippen LogP contribution < -0.4 is 0 Å². The van der Waals surface area contributed by atoms with Crippen molar-refractivity contribution in [3.05, 3.63) is 51.2 Å². The Morgan fingerprint density at radius 3 is 2.45 bits per heavy atom. The van der Waals surface area contributed by atoms with E-state index >= 15 is 0 Å². The lowest BCUT2D eigenvalue weighted by Crippen LogP contribution is -2.24. The van der Waals surface area contributed by atoms with Gasteiger partial charge in [0.05, 0.1) is 7.11 Å². The molecule has 22 heavy (non-hydrogen) atoms. The van der Waals surface area contributed by atoms with Gasteiger partial charge in [-0.25, -0.2) is 4.79 Å². The molecule has 0 aliphatic heterocycles. The van der Waals surface area contributed by atoms with Gasteiger partial charge in [0.1, 0.15) is 10.6 Å². The molecule has 0 fully saturated rings. The van der Waals surface area contributed by atoms with Crippen LogP contribution in [0, 0.1) is 6.92 Å². The number of benzene rings is 1. The highest BCUT2D eigenvalue weighted by Gasteiger charge is 2.33. The van der Waals surface area contributed by atoms with E-state index in [0.29, 0.717) is 10.6 Å². The molecule has 0 radical (unpaired) electrons. The molecule has 0 saturated carbocycles. The molecule has 2 rings (SSSR count). The second kappa shape index (κ2) is 6.53. The van der Waals surface area contributed by atoms with Gasteiger partial charge in [0, 0.05) is 10.3 Å². The van der Waals surface area contributed by atoms with E-state index in [1.165, 1.54) is 24.0 Å². The summed E-state index contributed by atoms with van der Waals surface area (Å²) in [5, 5.41) is 9.78. The number of esters is 1. The van der Waals surface area contributed by atoms with Crippen molar-refractivity contribution < 1.29 is 14.6 Å². The Labute approximate surface area is 135 Å². The van der Waals surface area contributed by atoms with Gasteiger partial charge in [-0.1, -0.05) is 26.0 Å². The zero-order chi connectivity index (χ0) is 16.3. The number of aromatic hydroxyl groups is 1. The molecule has 4 heteroatoms. The number of ether oxygens (including phenoxy) is 1. The molecule has 118 valence electrons. The largest absolute Gasteiger partial charge is 0.508 e. The number of thiophene rings is 1. The van der Waals surface area contributed by atoms with E-state index in [4.69, 9.17) is 4.74 Å². The van der Waals surface area contributed by atoms with Crippen molar-refractivity contribution in [2.45, 2.75) is 39.0 Å². The first-order chi connectivity index (χ1) is 10.5. The van der Waals surface area contributed by atoms with Gasteiger partial charge in [-0.3, -0.25) is 0 Å². The first-order valence-corrected chi connectivity index (χ1v) is 8.28. The molecule has 1 heterocycles. The number of phenolic OH excluding ortho intramolecular Hbond substituents is 1. The van der Waals surface area contributed by atoms with E-state index in [1.807, 2.05) is 31.2 Å². The molecule has 1 N–H and O–H groups in total. The molecule has 0 spiro atoms. The van der Waals surface area contributed by atoms with Crippen molar-refractivity contribution in [1.29, 1.82) is 0 Å². The first kappa shape index (κ1) is 16.6. The maximum atomic E-state index is 11.7. The van der Waals surface area contributed by atoms with Crippen LogP contribution in [0.3, 0.4) is 0 Å². The summed E-state index contributed by atoms with van der Waals surface area (Å²) in [7, 11) is 1.40. The van der Waals surface area contributed by atoms with Gasteiger partial charge < -0.3 is 9.84 Å². The molecule has 0 saturated heterocycles. The predicted molar refractivity (Wildman–Crippen MR) is 89.9 cm³/mol. The third-order valence-electron chi connectivity index (χ3n) is 4.42. The number of carbonyl (C=O) groups is 1. The van der Waals surface area contributed by atoms with Crippen molar-refractivity contribution in [1.82, 2.24) is 0 Å². The lowest BCUT2D eigenvalue weighted by atomic mass is 9.74. The predicted octanol–water partition coefficient (Wildman–Crippen LogP) is 4.65. The van der Waals surface area contributed by atoms with Gasteiger partial charge >= 0.3 is 5.97 Å². The van der Waals surface area contributed by atoms with E-state index < -0.39 is 0 Å². The highest BCUT2D eigenvalue weighted by molar-refractivity contribution is 7.14. The van der Waals surface area contributed by atoms with Crippen molar-refractivity contribution in [3.63, 3.8) is 0 Å². The highest BCUT2D eigenvalue weighted by Crippen LogP contribution is 2.43. The molecule has 0 amide bonds. The summed E-state index contributed by atoms with van der Waals surface area (Å²) >= 11 is 1.49. The van der Waals surface area contributed by atoms with Crippen LogP contribution in [0.1, 0.15) is 52.4 Å². The Morgan fingerprint density at radius 1 is 1.23 bits per heavy atom. The average molecular weight is 318 g/mol. The molecule has 0 aliphatic rings. The highest BCUT2D eigenvalue weighted by atomic mass is 32.1. The fourth-order valence-electron chi connectivity index (χ4n) is 2.91. The number of phenols is 1. The molecule has 0 unspecified atom stereocenters. The Hall–Kier alpha value is -1.81. The summed E-state index contributed by atoms with van der Waals surface area (Å²) in [4.78, 5) is 13.5. The second-order valence-corrected chi connectivity index (χ2v) is 6.53. The summed E-state index contributed by atoms with van der Waals surface area (Å²) in [5.74, 6) is 0.0190. The van der Waals surface area contributed by atoms with Gasteiger partial charge in [-0.15, -0.1) is 11.3 Å². The number of aryl methyl sites for hydroxylation is 1. The van der Waals surface area contributed by atoms with Gasteiger partial charge in [0.15, 0.2) is 0 Å². The van der Waals surface area contributed by atoms with Crippen molar-refractivity contribution in [3.8, 4) is 5.75 Å². The number of methoxy groups -OCH3 is 1. The zero-order valence-corrected chi connectivity index (χ0v) is 14.3. The van der Waals surface area contributed by atoms with Gasteiger partial charge in [0.25, 0.3) is 0 Å². The van der Waals surface area contributed by atoms with Crippen LogP contribution in [0.25, 0.3) is 0 Å². The molecule has 3 nitrogen and oxygen atoms in total. The summed E-state index contributed by atoms with van der Waals surface area (Å²) in [6, 6.07) is 9.62. The van der Waals surface area contributed by atoms with Crippen LogP contribution in [0.5, 0.6) is 5.75 Å². The minimum absolute atomic E-state index is 0.143. The average Bonchev–Trinajstić information content (AvgIpc) is 3.02. The lowest BCUT2D eigenvalue weighted by molar-refractivity contribution is 0.0606. The van der Waals surface area contributed by atoms with Crippen LogP contribution in [-0.4, -0.2) is 18.2 Å². The van der Waals surface area contributed by atoms with Crippen molar-refractivity contribution in [2.24, 2.45) is 0 Å². The SMILES string of the molecule is CCC(CC)(c1ccc(O)c(C)c1)c1ccc(C(=O)OC)s1. The quantitative estimate of drug-likeness (QED) is 0.816. The van der Waals surface area contributed by atoms with Crippen LogP contribution in [-0.2, 0) is 10.2 Å². The van der Waals surface area contributed by atoms with E-state index in [0.717, 1.165) is 23.3 Å². The molecule has 1 aromatic carbocycles. The Bertz CT molecular complexity index is 669. The number of hydrogen-bond acceptors (Lipinski definition) is 4. The first-order valence-electron chi connectivity index (χ1n) is 7.47. The Balaban J connectivity index is 2.54. The Kier molecular flexibility index (Phi) is 4.91. The summed E-state index contributed by atoms with van der Waals surface area (Å²) in [5.41, 5.74) is 1.90. The fraction of sp³-hybridized carbons (Fsp3) is 0.389. The van der Waals surface area contributed by atoms with E-state index in [1.54, 1.807) is 6.07 Å². The number of hydrogen-bond donors (Lipinski definition) is 1.